The number of pyridine rings is 1. The minimum absolute atomic E-state index is 0.0150. The number of thiophene rings is 1. The number of amides is 2. The third kappa shape index (κ3) is 7.23. The van der Waals surface area contributed by atoms with Crippen molar-refractivity contribution in [2.24, 2.45) is 0 Å². The van der Waals surface area contributed by atoms with E-state index in [-0.39, 0.29) is 16.7 Å². The Hall–Kier alpha value is -4.06. The molecular formula is C26H24N4O5S2. The molecule has 2 heterocycles. The maximum Gasteiger partial charge on any atom is 0.322 e. The highest BCUT2D eigenvalue weighted by molar-refractivity contribution is 7.91. The summed E-state index contributed by atoms with van der Waals surface area (Å²) in [5.74, 6) is -1.26. The number of anilines is 1. The summed E-state index contributed by atoms with van der Waals surface area (Å²) in [5, 5.41) is 16.8. The first-order chi connectivity index (χ1) is 17.8. The van der Waals surface area contributed by atoms with Crippen LogP contribution in [0.3, 0.4) is 0 Å². The number of nitrogens with one attached hydrogen (secondary N) is 3. The molecule has 0 aliphatic carbocycles. The zero-order valence-corrected chi connectivity index (χ0v) is 21.1. The Balaban J connectivity index is 1.39. The molecule has 2 aromatic heterocycles. The van der Waals surface area contributed by atoms with Gasteiger partial charge in [-0.3, -0.25) is 9.78 Å². The summed E-state index contributed by atoms with van der Waals surface area (Å²) >= 11 is 1.02. The molecule has 1 atom stereocenters. The molecule has 4 aromatic rings. The molecule has 4 rings (SSSR count). The molecule has 0 saturated carbocycles. The van der Waals surface area contributed by atoms with Gasteiger partial charge in [-0.25, -0.2) is 13.2 Å². The predicted molar refractivity (Wildman–Crippen MR) is 142 cm³/mol. The minimum atomic E-state index is -3.92. The van der Waals surface area contributed by atoms with Crippen molar-refractivity contribution in [3.63, 3.8) is 0 Å². The second-order valence-electron chi connectivity index (χ2n) is 8.10. The lowest BCUT2D eigenvalue weighted by molar-refractivity contribution is -0.138. The lowest BCUT2D eigenvalue weighted by Crippen LogP contribution is -2.42. The van der Waals surface area contributed by atoms with Gasteiger partial charge in [0.1, 0.15) is 10.3 Å². The van der Waals surface area contributed by atoms with E-state index >= 15 is 0 Å². The van der Waals surface area contributed by atoms with Crippen LogP contribution in [0.2, 0.25) is 0 Å². The Morgan fingerprint density at radius 3 is 2.43 bits per heavy atom. The number of hydrogen-bond acceptors (Lipinski definition) is 6. The number of carboxylic acids is 1. The van der Waals surface area contributed by atoms with Gasteiger partial charge in [0, 0.05) is 24.6 Å². The fourth-order valence-corrected chi connectivity index (χ4v) is 5.75. The van der Waals surface area contributed by atoms with Crippen LogP contribution >= 0.6 is 11.3 Å². The molecule has 0 saturated heterocycles. The molecule has 1 unspecified atom stereocenters. The topological polar surface area (TPSA) is 137 Å². The van der Waals surface area contributed by atoms with Crippen LogP contribution < -0.4 is 15.4 Å². The summed E-state index contributed by atoms with van der Waals surface area (Å²) < 4.78 is 27.2. The van der Waals surface area contributed by atoms with Crippen molar-refractivity contribution in [2.45, 2.75) is 23.2 Å². The van der Waals surface area contributed by atoms with E-state index in [2.05, 4.69) is 20.3 Å². The van der Waals surface area contributed by atoms with Gasteiger partial charge in [-0.15, -0.1) is 11.3 Å². The molecule has 0 aliphatic rings. The lowest BCUT2D eigenvalue weighted by Gasteiger charge is -2.14. The predicted octanol–water partition coefficient (Wildman–Crippen LogP) is 4.11. The average molecular weight is 537 g/mol. The summed E-state index contributed by atoms with van der Waals surface area (Å²) in [6.07, 6.45) is 3.33. The van der Waals surface area contributed by atoms with Crippen molar-refractivity contribution in [3.05, 3.63) is 102 Å². The molecule has 0 fully saturated rings. The van der Waals surface area contributed by atoms with Gasteiger partial charge in [-0.1, -0.05) is 48.5 Å². The molecule has 37 heavy (non-hydrogen) atoms. The maximum atomic E-state index is 12.5. The number of sulfonamides is 1. The second-order valence-corrected chi connectivity index (χ2v) is 11.0. The Kier molecular flexibility index (Phi) is 8.29. The largest absolute Gasteiger partial charge is 0.480 e. The van der Waals surface area contributed by atoms with Gasteiger partial charge >= 0.3 is 12.0 Å². The molecule has 2 aromatic carbocycles. The Bertz CT molecular complexity index is 1460. The molecule has 11 heteroatoms. The SMILES string of the molecule is O=C(NCc1cccnc1)Nc1cccc(-c2ccc(CC(NS(=O)(=O)c3cccs3)C(=O)O)cc2)c1. The van der Waals surface area contributed by atoms with Crippen LogP contribution in [-0.4, -0.2) is 36.6 Å². The summed E-state index contributed by atoms with van der Waals surface area (Å²) in [4.78, 5) is 28.0. The van der Waals surface area contributed by atoms with Crippen LogP contribution in [0.4, 0.5) is 10.5 Å². The van der Waals surface area contributed by atoms with E-state index in [1.165, 1.54) is 6.07 Å². The van der Waals surface area contributed by atoms with Crippen molar-refractivity contribution in [1.82, 2.24) is 15.0 Å². The first-order valence-corrected chi connectivity index (χ1v) is 13.6. The van der Waals surface area contributed by atoms with Gasteiger partial charge in [-0.05, 0) is 58.3 Å². The minimum Gasteiger partial charge on any atom is -0.480 e. The van der Waals surface area contributed by atoms with Crippen LogP contribution in [0.1, 0.15) is 11.1 Å². The number of carboxylic acid groups (broad SMARTS) is 1. The number of benzene rings is 2. The quantitative estimate of drug-likeness (QED) is 0.241. The zero-order chi connectivity index (χ0) is 26.3. The number of aromatic nitrogens is 1. The van der Waals surface area contributed by atoms with E-state index in [0.29, 0.717) is 17.8 Å². The van der Waals surface area contributed by atoms with Gasteiger partial charge in [0.15, 0.2) is 0 Å². The number of rotatable bonds is 10. The molecule has 190 valence electrons. The molecule has 0 spiro atoms. The van der Waals surface area contributed by atoms with Gasteiger partial charge in [0.05, 0.1) is 0 Å². The Morgan fingerprint density at radius 1 is 0.946 bits per heavy atom. The fourth-order valence-electron chi connectivity index (χ4n) is 3.55. The van der Waals surface area contributed by atoms with E-state index in [0.717, 1.165) is 28.0 Å². The maximum absolute atomic E-state index is 12.5. The second kappa shape index (κ2) is 11.8. The summed E-state index contributed by atoms with van der Waals surface area (Å²) in [7, 11) is -3.92. The third-order valence-electron chi connectivity index (χ3n) is 5.38. The monoisotopic (exact) mass is 536 g/mol. The molecule has 0 radical (unpaired) electrons. The molecular weight excluding hydrogens is 512 g/mol. The van der Waals surface area contributed by atoms with E-state index in [9.17, 15) is 23.1 Å². The van der Waals surface area contributed by atoms with Crippen molar-refractivity contribution in [2.75, 3.05) is 5.32 Å². The number of nitrogens with zero attached hydrogens (tertiary/aromatic N) is 1. The molecule has 4 N–H and O–H groups in total. The highest BCUT2D eigenvalue weighted by Gasteiger charge is 2.26. The first-order valence-electron chi connectivity index (χ1n) is 11.2. The zero-order valence-electron chi connectivity index (χ0n) is 19.5. The van der Waals surface area contributed by atoms with Crippen LogP contribution in [-0.2, 0) is 27.8 Å². The standard InChI is InChI=1S/C26H24N4O5S2/c31-25(32)23(30-37(34,35)24-7-3-13-36-24)14-18-8-10-20(11-9-18)21-5-1-6-22(15-21)29-26(33)28-17-19-4-2-12-27-16-19/h1-13,15-16,23,30H,14,17H2,(H,31,32)(H2,28,29,33). The van der Waals surface area contributed by atoms with Crippen molar-refractivity contribution in [1.29, 1.82) is 0 Å². The van der Waals surface area contributed by atoms with Gasteiger partial charge in [0.2, 0.25) is 0 Å². The first kappa shape index (κ1) is 26.0. The van der Waals surface area contributed by atoms with Crippen LogP contribution in [0.15, 0.2) is 94.8 Å². The summed E-state index contributed by atoms with van der Waals surface area (Å²) in [5.41, 5.74) is 3.86. The number of carbonyl (C=O) groups excluding carboxylic acids is 1. The fraction of sp³-hybridized carbons (Fsp3) is 0.115. The van der Waals surface area contributed by atoms with E-state index in [4.69, 9.17) is 0 Å². The highest BCUT2D eigenvalue weighted by Crippen LogP contribution is 2.24. The normalized spacial score (nSPS) is 12.0. The molecule has 2 amide bonds. The third-order valence-corrected chi connectivity index (χ3v) is 8.25. The molecule has 0 bridgehead atoms. The smallest absolute Gasteiger partial charge is 0.322 e. The van der Waals surface area contributed by atoms with Crippen molar-refractivity contribution < 1.29 is 23.1 Å². The molecule has 9 nitrogen and oxygen atoms in total. The average Bonchev–Trinajstić information content (AvgIpc) is 3.45. The van der Waals surface area contributed by atoms with E-state index in [1.54, 1.807) is 48.1 Å². The summed E-state index contributed by atoms with van der Waals surface area (Å²) in [6, 6.07) is 19.5. The van der Waals surface area contributed by atoms with Crippen molar-refractivity contribution in [3.8, 4) is 11.1 Å². The van der Waals surface area contributed by atoms with Crippen LogP contribution in [0.25, 0.3) is 11.1 Å². The van der Waals surface area contributed by atoms with Gasteiger partial charge < -0.3 is 15.7 Å². The highest BCUT2D eigenvalue weighted by atomic mass is 32.2. The number of carbonyl (C=O) groups is 2. The number of aliphatic carboxylic acids is 1. The lowest BCUT2D eigenvalue weighted by atomic mass is 10.0. The van der Waals surface area contributed by atoms with Crippen molar-refractivity contribution >= 4 is 39.0 Å². The summed E-state index contributed by atoms with van der Waals surface area (Å²) in [6.45, 7) is 0.349. The Labute approximate surface area is 218 Å². The van der Waals surface area contributed by atoms with Gasteiger partial charge in [0.25, 0.3) is 10.0 Å². The molecule has 0 aliphatic heterocycles. The number of hydrogen-bond donors (Lipinski definition) is 4. The van der Waals surface area contributed by atoms with Crippen LogP contribution in [0, 0.1) is 0 Å². The Morgan fingerprint density at radius 2 is 1.76 bits per heavy atom. The van der Waals surface area contributed by atoms with Crippen LogP contribution in [0.5, 0.6) is 0 Å². The van der Waals surface area contributed by atoms with E-state index < -0.39 is 22.0 Å². The van der Waals surface area contributed by atoms with Gasteiger partial charge in [-0.2, -0.15) is 4.72 Å². The van der Waals surface area contributed by atoms with E-state index in [1.807, 2.05) is 36.4 Å². The number of urea groups is 1.